The van der Waals surface area contributed by atoms with Crippen molar-refractivity contribution in [3.8, 4) is 0 Å². The quantitative estimate of drug-likeness (QED) is 0.778. The average molecular weight is 284 g/mol. The van der Waals surface area contributed by atoms with E-state index in [1.165, 1.54) is 0 Å². The smallest absolute Gasteiger partial charge is 0.337 e. The molecule has 0 bridgehead atoms. The minimum absolute atomic E-state index is 0.314. The number of hydrogen-bond donors (Lipinski definition) is 2. The van der Waals surface area contributed by atoms with E-state index < -0.39 is 23.0 Å². The van der Waals surface area contributed by atoms with Crippen LogP contribution in [-0.4, -0.2) is 34.4 Å². The second-order valence-electron chi connectivity index (χ2n) is 6.09. The number of hydrogen-bond acceptors (Lipinski definition) is 3. The molecule has 2 rings (SSSR count). The standard InChI is InChI=1S/C15H24O5/c16-12(17)14(8-4-1-2-5-9-14)15(13(18)19)10-6-3-7-11-20-15/h1-11H2,(H,16,17)(H,18,19). The maximum atomic E-state index is 12.0. The van der Waals surface area contributed by atoms with Gasteiger partial charge in [-0.05, 0) is 32.1 Å². The van der Waals surface area contributed by atoms with Gasteiger partial charge in [0, 0.05) is 6.61 Å². The van der Waals surface area contributed by atoms with Crippen LogP contribution in [0.25, 0.3) is 0 Å². The summed E-state index contributed by atoms with van der Waals surface area (Å²) in [4.78, 5) is 24.0. The molecule has 0 spiro atoms. The second kappa shape index (κ2) is 6.12. The van der Waals surface area contributed by atoms with Crippen LogP contribution in [0.5, 0.6) is 0 Å². The van der Waals surface area contributed by atoms with Crippen LogP contribution in [-0.2, 0) is 14.3 Å². The predicted octanol–water partition coefficient (Wildman–Crippen LogP) is 2.83. The van der Waals surface area contributed by atoms with E-state index in [1.807, 2.05) is 0 Å². The molecular weight excluding hydrogens is 260 g/mol. The van der Waals surface area contributed by atoms with E-state index in [-0.39, 0.29) is 0 Å². The highest BCUT2D eigenvalue weighted by atomic mass is 16.5. The number of ether oxygens (including phenoxy) is 1. The third-order valence-corrected chi connectivity index (χ3v) is 5.01. The Balaban J connectivity index is 2.45. The van der Waals surface area contributed by atoms with Crippen molar-refractivity contribution in [3.63, 3.8) is 0 Å². The zero-order chi connectivity index (χ0) is 14.6. The van der Waals surface area contributed by atoms with Crippen LogP contribution < -0.4 is 0 Å². The van der Waals surface area contributed by atoms with Crippen LogP contribution in [0.4, 0.5) is 0 Å². The zero-order valence-electron chi connectivity index (χ0n) is 11.9. The van der Waals surface area contributed by atoms with E-state index in [2.05, 4.69) is 0 Å². The van der Waals surface area contributed by atoms with E-state index in [0.29, 0.717) is 25.9 Å². The molecule has 2 fully saturated rings. The van der Waals surface area contributed by atoms with Gasteiger partial charge in [0.1, 0.15) is 5.41 Å². The molecule has 0 aromatic carbocycles. The first-order valence-corrected chi connectivity index (χ1v) is 7.66. The highest BCUT2D eigenvalue weighted by Gasteiger charge is 2.62. The molecule has 1 atom stereocenters. The molecule has 1 saturated carbocycles. The lowest BCUT2D eigenvalue weighted by Crippen LogP contribution is -2.59. The maximum absolute atomic E-state index is 12.0. The van der Waals surface area contributed by atoms with Crippen molar-refractivity contribution in [3.05, 3.63) is 0 Å². The van der Waals surface area contributed by atoms with Crippen LogP contribution in [0.3, 0.4) is 0 Å². The summed E-state index contributed by atoms with van der Waals surface area (Å²) < 4.78 is 5.73. The Bertz CT molecular complexity index is 324. The summed E-state index contributed by atoms with van der Waals surface area (Å²) in [6, 6.07) is 0. The van der Waals surface area contributed by atoms with Crippen LogP contribution in [0, 0.1) is 5.41 Å². The SMILES string of the molecule is O=C(O)C1(C2(C(=O)O)CCCCCO2)CCCCCC1. The first kappa shape index (κ1) is 15.3. The van der Waals surface area contributed by atoms with Crippen molar-refractivity contribution >= 4 is 11.9 Å². The Morgan fingerprint density at radius 2 is 1.30 bits per heavy atom. The van der Waals surface area contributed by atoms with Gasteiger partial charge < -0.3 is 14.9 Å². The number of carboxylic acid groups (broad SMARTS) is 2. The number of carbonyl (C=O) groups is 2. The first-order chi connectivity index (χ1) is 9.55. The second-order valence-corrected chi connectivity index (χ2v) is 6.09. The van der Waals surface area contributed by atoms with Crippen molar-refractivity contribution in [2.75, 3.05) is 6.61 Å². The minimum Gasteiger partial charge on any atom is -0.481 e. The molecule has 1 heterocycles. The first-order valence-electron chi connectivity index (χ1n) is 7.66. The Morgan fingerprint density at radius 3 is 1.85 bits per heavy atom. The summed E-state index contributed by atoms with van der Waals surface area (Å²) in [5, 5.41) is 19.6. The Hall–Kier alpha value is -1.10. The van der Waals surface area contributed by atoms with E-state index in [9.17, 15) is 19.8 Å². The highest BCUT2D eigenvalue weighted by molar-refractivity contribution is 5.89. The van der Waals surface area contributed by atoms with E-state index in [1.54, 1.807) is 0 Å². The van der Waals surface area contributed by atoms with Crippen molar-refractivity contribution in [2.24, 2.45) is 5.41 Å². The molecule has 2 aliphatic rings. The highest BCUT2D eigenvalue weighted by Crippen LogP contribution is 2.49. The van der Waals surface area contributed by atoms with Crippen LogP contribution in [0.2, 0.25) is 0 Å². The summed E-state index contributed by atoms with van der Waals surface area (Å²) in [7, 11) is 0. The third-order valence-electron chi connectivity index (χ3n) is 5.01. The number of aliphatic carboxylic acids is 2. The van der Waals surface area contributed by atoms with Gasteiger partial charge in [0.05, 0.1) is 0 Å². The maximum Gasteiger partial charge on any atom is 0.337 e. The predicted molar refractivity (Wildman–Crippen MR) is 72.6 cm³/mol. The van der Waals surface area contributed by atoms with Gasteiger partial charge in [-0.2, -0.15) is 0 Å². The lowest BCUT2D eigenvalue weighted by Gasteiger charge is -2.43. The molecule has 114 valence electrons. The summed E-state index contributed by atoms with van der Waals surface area (Å²) in [6.45, 7) is 0.349. The van der Waals surface area contributed by atoms with Crippen molar-refractivity contribution in [2.45, 2.75) is 69.8 Å². The van der Waals surface area contributed by atoms with Gasteiger partial charge in [0.25, 0.3) is 0 Å². The van der Waals surface area contributed by atoms with Gasteiger partial charge in [-0.25, -0.2) is 4.79 Å². The number of carboxylic acids is 2. The Morgan fingerprint density at radius 1 is 0.750 bits per heavy atom. The van der Waals surface area contributed by atoms with E-state index in [4.69, 9.17) is 4.74 Å². The van der Waals surface area contributed by atoms with Crippen molar-refractivity contribution in [1.82, 2.24) is 0 Å². The largest absolute Gasteiger partial charge is 0.481 e. The van der Waals surface area contributed by atoms with E-state index >= 15 is 0 Å². The molecule has 5 heteroatoms. The lowest BCUT2D eigenvalue weighted by molar-refractivity contribution is -0.203. The van der Waals surface area contributed by atoms with Crippen LogP contribution in [0.15, 0.2) is 0 Å². The van der Waals surface area contributed by atoms with Gasteiger partial charge in [0.15, 0.2) is 5.60 Å². The van der Waals surface area contributed by atoms with E-state index in [0.717, 1.165) is 44.9 Å². The van der Waals surface area contributed by atoms with Crippen molar-refractivity contribution in [1.29, 1.82) is 0 Å². The third kappa shape index (κ3) is 2.43. The summed E-state index contributed by atoms with van der Waals surface area (Å²) >= 11 is 0. The normalized spacial score (nSPS) is 31.0. The average Bonchev–Trinajstić information content (AvgIpc) is 2.80. The molecule has 1 unspecified atom stereocenters. The van der Waals surface area contributed by atoms with Gasteiger partial charge in [-0.3, -0.25) is 4.79 Å². The zero-order valence-corrected chi connectivity index (χ0v) is 11.9. The molecule has 1 aliphatic carbocycles. The molecular formula is C15H24O5. The van der Waals surface area contributed by atoms with Gasteiger partial charge in [0.2, 0.25) is 0 Å². The molecule has 1 aliphatic heterocycles. The topological polar surface area (TPSA) is 83.8 Å². The van der Waals surface area contributed by atoms with Gasteiger partial charge >= 0.3 is 11.9 Å². The molecule has 2 N–H and O–H groups in total. The molecule has 1 saturated heterocycles. The Kier molecular flexibility index (Phi) is 4.68. The van der Waals surface area contributed by atoms with Crippen LogP contribution in [0.1, 0.15) is 64.2 Å². The molecule has 5 nitrogen and oxygen atoms in total. The lowest BCUT2D eigenvalue weighted by atomic mass is 9.64. The number of rotatable bonds is 3. The molecule has 0 amide bonds. The fourth-order valence-corrected chi connectivity index (χ4v) is 3.84. The summed E-state index contributed by atoms with van der Waals surface area (Å²) in [5.41, 5.74) is -2.81. The monoisotopic (exact) mass is 284 g/mol. The summed E-state index contributed by atoms with van der Waals surface area (Å²) in [6.07, 6.45) is 7.07. The summed E-state index contributed by atoms with van der Waals surface area (Å²) in [5.74, 6) is -2.09. The fourth-order valence-electron chi connectivity index (χ4n) is 3.84. The molecule has 0 aromatic heterocycles. The van der Waals surface area contributed by atoms with Crippen molar-refractivity contribution < 1.29 is 24.5 Å². The van der Waals surface area contributed by atoms with Gasteiger partial charge in [-0.15, -0.1) is 0 Å². The Labute approximate surface area is 119 Å². The molecule has 20 heavy (non-hydrogen) atoms. The molecule has 0 radical (unpaired) electrons. The van der Waals surface area contributed by atoms with Gasteiger partial charge in [-0.1, -0.05) is 32.1 Å². The minimum atomic E-state index is -1.54. The van der Waals surface area contributed by atoms with Crippen LogP contribution >= 0.6 is 0 Å². The molecule has 0 aromatic rings. The fraction of sp³-hybridized carbons (Fsp3) is 0.867.